The molecule has 1 aliphatic rings. The van der Waals surface area contributed by atoms with Crippen LogP contribution in [0.15, 0.2) is 78.9 Å². The number of aromatic nitrogens is 2. The minimum absolute atomic E-state index is 0.0668. The molecule has 3 aromatic carbocycles. The van der Waals surface area contributed by atoms with Crippen LogP contribution in [0, 0.1) is 0 Å². The molecule has 0 unspecified atom stereocenters. The first-order valence-corrected chi connectivity index (χ1v) is 12.9. The summed E-state index contributed by atoms with van der Waals surface area (Å²) in [5.41, 5.74) is 5.77. The van der Waals surface area contributed by atoms with E-state index in [1.807, 2.05) is 78.9 Å². The minimum atomic E-state index is -0.0668. The Kier molecular flexibility index (Phi) is 7.64. The van der Waals surface area contributed by atoms with Crippen LogP contribution in [0.5, 0.6) is 0 Å². The van der Waals surface area contributed by atoms with Gasteiger partial charge in [0, 0.05) is 49.4 Å². The lowest BCUT2D eigenvalue weighted by Crippen LogP contribution is -2.46. The van der Waals surface area contributed by atoms with Gasteiger partial charge in [-0.3, -0.25) is 4.79 Å². The molecule has 0 radical (unpaired) electrons. The molecule has 1 N–H and O–H groups in total. The van der Waals surface area contributed by atoms with Gasteiger partial charge in [0.2, 0.25) is 0 Å². The molecule has 1 amide bonds. The Labute approximate surface area is 213 Å². The molecule has 1 aliphatic heterocycles. The van der Waals surface area contributed by atoms with E-state index in [4.69, 9.17) is 9.97 Å². The minimum Gasteiger partial charge on any atom is -0.352 e. The maximum atomic E-state index is 12.9. The molecule has 4 aromatic rings. The van der Waals surface area contributed by atoms with Gasteiger partial charge in [-0.1, -0.05) is 67.6 Å². The average molecular weight is 480 g/mol. The fourth-order valence-electron chi connectivity index (χ4n) is 4.73. The van der Waals surface area contributed by atoms with Crippen LogP contribution < -0.4 is 5.32 Å². The molecule has 0 aliphatic carbocycles. The molecule has 0 saturated carbocycles. The maximum absolute atomic E-state index is 12.9. The maximum Gasteiger partial charge on any atom is 0.251 e. The number of rotatable bonds is 8. The predicted octanol–water partition coefficient (Wildman–Crippen LogP) is 4.72. The van der Waals surface area contributed by atoms with Crippen molar-refractivity contribution >= 4 is 16.9 Å². The highest BCUT2D eigenvalue weighted by Gasteiger charge is 2.16. The SMILES string of the molecule is CCN1CCN(CCCNC(=O)c2ccc3nc(-c4ccccc4)c(-c4ccccc4)nc3c2)CC1. The van der Waals surface area contributed by atoms with Gasteiger partial charge in [-0.15, -0.1) is 0 Å². The van der Waals surface area contributed by atoms with E-state index in [0.29, 0.717) is 12.1 Å². The van der Waals surface area contributed by atoms with Gasteiger partial charge in [0.15, 0.2) is 0 Å². The number of piperazine rings is 1. The summed E-state index contributed by atoms with van der Waals surface area (Å²) < 4.78 is 0. The largest absolute Gasteiger partial charge is 0.352 e. The highest BCUT2D eigenvalue weighted by molar-refractivity contribution is 5.98. The van der Waals surface area contributed by atoms with E-state index in [1.54, 1.807) is 0 Å². The van der Waals surface area contributed by atoms with Gasteiger partial charge >= 0.3 is 0 Å². The Balaban J connectivity index is 1.31. The Morgan fingerprint density at radius 2 is 1.36 bits per heavy atom. The first kappa shape index (κ1) is 24.1. The third-order valence-electron chi connectivity index (χ3n) is 6.87. The third-order valence-corrected chi connectivity index (χ3v) is 6.87. The van der Waals surface area contributed by atoms with E-state index >= 15 is 0 Å². The van der Waals surface area contributed by atoms with Gasteiger partial charge in [0.05, 0.1) is 22.4 Å². The molecule has 1 saturated heterocycles. The number of fused-ring (bicyclic) bond motifs is 1. The summed E-state index contributed by atoms with van der Waals surface area (Å²) in [5.74, 6) is -0.0668. The van der Waals surface area contributed by atoms with Crippen molar-refractivity contribution < 1.29 is 4.79 Å². The lowest BCUT2D eigenvalue weighted by Gasteiger charge is -2.33. The van der Waals surface area contributed by atoms with Crippen molar-refractivity contribution in [3.05, 3.63) is 84.4 Å². The fourth-order valence-corrected chi connectivity index (χ4v) is 4.73. The third kappa shape index (κ3) is 5.61. The molecule has 2 heterocycles. The van der Waals surface area contributed by atoms with Gasteiger partial charge in [0.1, 0.15) is 0 Å². The number of likely N-dealkylation sites (N-methyl/N-ethyl adjacent to an activating group) is 1. The molecular formula is C30H33N5O. The summed E-state index contributed by atoms with van der Waals surface area (Å²) in [6, 6.07) is 25.8. The summed E-state index contributed by atoms with van der Waals surface area (Å²) >= 11 is 0. The van der Waals surface area contributed by atoms with Gasteiger partial charge in [-0.25, -0.2) is 9.97 Å². The zero-order valence-electron chi connectivity index (χ0n) is 20.9. The zero-order valence-corrected chi connectivity index (χ0v) is 20.9. The monoisotopic (exact) mass is 479 g/mol. The quantitative estimate of drug-likeness (QED) is 0.371. The van der Waals surface area contributed by atoms with Gasteiger partial charge in [-0.05, 0) is 37.7 Å². The Morgan fingerprint density at radius 1 is 0.778 bits per heavy atom. The number of nitrogens with one attached hydrogen (secondary N) is 1. The van der Waals surface area contributed by atoms with Crippen LogP contribution >= 0.6 is 0 Å². The molecule has 1 aromatic heterocycles. The molecule has 0 bridgehead atoms. The van der Waals surface area contributed by atoms with Crippen LogP contribution in [0.2, 0.25) is 0 Å². The first-order chi connectivity index (χ1) is 17.7. The molecular weight excluding hydrogens is 446 g/mol. The lowest BCUT2D eigenvalue weighted by molar-refractivity contribution is 0.0948. The molecule has 6 nitrogen and oxygen atoms in total. The Morgan fingerprint density at radius 3 is 1.97 bits per heavy atom. The van der Waals surface area contributed by atoms with Crippen LogP contribution in [-0.4, -0.2) is 71.5 Å². The van der Waals surface area contributed by atoms with E-state index in [1.165, 1.54) is 0 Å². The van der Waals surface area contributed by atoms with Crippen LogP contribution in [0.3, 0.4) is 0 Å². The van der Waals surface area contributed by atoms with Crippen molar-refractivity contribution in [2.75, 3.05) is 45.8 Å². The molecule has 0 spiro atoms. The molecule has 184 valence electrons. The second-order valence-electron chi connectivity index (χ2n) is 9.24. The normalized spacial score (nSPS) is 14.7. The molecule has 6 heteroatoms. The average Bonchev–Trinajstić information content (AvgIpc) is 2.95. The van der Waals surface area contributed by atoms with Gasteiger partial charge in [0.25, 0.3) is 5.91 Å². The van der Waals surface area contributed by atoms with Crippen molar-refractivity contribution in [1.82, 2.24) is 25.1 Å². The van der Waals surface area contributed by atoms with Crippen LogP contribution in [0.25, 0.3) is 33.5 Å². The van der Waals surface area contributed by atoms with Crippen LogP contribution in [0.1, 0.15) is 23.7 Å². The molecule has 0 atom stereocenters. The van der Waals surface area contributed by atoms with Crippen molar-refractivity contribution in [3.8, 4) is 22.5 Å². The van der Waals surface area contributed by atoms with E-state index in [-0.39, 0.29) is 5.91 Å². The smallest absolute Gasteiger partial charge is 0.251 e. The summed E-state index contributed by atoms with van der Waals surface area (Å²) in [4.78, 5) is 27.8. The number of hydrogen-bond acceptors (Lipinski definition) is 5. The number of nitrogens with zero attached hydrogens (tertiary/aromatic N) is 4. The van der Waals surface area contributed by atoms with Gasteiger partial charge < -0.3 is 15.1 Å². The van der Waals surface area contributed by atoms with E-state index in [2.05, 4.69) is 22.0 Å². The van der Waals surface area contributed by atoms with Gasteiger partial charge in [-0.2, -0.15) is 0 Å². The molecule has 5 rings (SSSR count). The molecule has 36 heavy (non-hydrogen) atoms. The first-order valence-electron chi connectivity index (χ1n) is 12.9. The van der Waals surface area contributed by atoms with Crippen molar-refractivity contribution in [3.63, 3.8) is 0 Å². The fraction of sp³-hybridized carbons (Fsp3) is 0.300. The predicted molar refractivity (Wildman–Crippen MR) is 146 cm³/mol. The van der Waals surface area contributed by atoms with Crippen molar-refractivity contribution in [2.45, 2.75) is 13.3 Å². The Hall–Kier alpha value is -3.61. The lowest BCUT2D eigenvalue weighted by atomic mass is 10.0. The highest BCUT2D eigenvalue weighted by Crippen LogP contribution is 2.31. The summed E-state index contributed by atoms with van der Waals surface area (Å²) in [5, 5.41) is 3.08. The second kappa shape index (κ2) is 11.4. The zero-order chi connectivity index (χ0) is 24.7. The van der Waals surface area contributed by atoms with Crippen molar-refractivity contribution in [1.29, 1.82) is 0 Å². The Bertz CT molecular complexity index is 1300. The van der Waals surface area contributed by atoms with E-state index < -0.39 is 0 Å². The summed E-state index contributed by atoms with van der Waals surface area (Å²) in [7, 11) is 0. The van der Waals surface area contributed by atoms with Crippen LogP contribution in [-0.2, 0) is 0 Å². The highest BCUT2D eigenvalue weighted by atomic mass is 16.1. The number of carbonyl (C=O) groups excluding carboxylic acids is 1. The number of amides is 1. The van der Waals surface area contributed by atoms with Crippen molar-refractivity contribution in [2.24, 2.45) is 0 Å². The second-order valence-corrected chi connectivity index (χ2v) is 9.24. The summed E-state index contributed by atoms with van der Waals surface area (Å²) in [6.45, 7) is 9.52. The number of hydrogen-bond donors (Lipinski definition) is 1. The number of benzene rings is 3. The number of carbonyl (C=O) groups is 1. The standard InChI is InChI=1S/C30H33N5O/c1-2-34-18-20-35(21-19-34)17-9-16-31-30(36)25-14-15-26-27(22-25)33-29(24-12-7-4-8-13-24)28(32-26)23-10-5-3-6-11-23/h3-8,10-15,22H,2,9,16-21H2,1H3,(H,31,36). The topological polar surface area (TPSA) is 61.4 Å². The molecule has 1 fully saturated rings. The summed E-state index contributed by atoms with van der Waals surface area (Å²) in [6.07, 6.45) is 0.948. The van der Waals surface area contributed by atoms with Crippen LogP contribution in [0.4, 0.5) is 0 Å². The van der Waals surface area contributed by atoms with E-state index in [0.717, 1.165) is 79.2 Å². The van der Waals surface area contributed by atoms with E-state index in [9.17, 15) is 4.79 Å².